The normalized spacial score (nSPS) is 12.3. The Morgan fingerprint density at radius 1 is 1.20 bits per heavy atom. The van der Waals surface area contributed by atoms with E-state index in [0.717, 1.165) is 12.0 Å². The Morgan fingerprint density at radius 3 is 2.97 bits per heavy atom. The van der Waals surface area contributed by atoms with Crippen LogP contribution in [0.15, 0.2) is 64.8 Å². The monoisotopic (exact) mass is 407 g/mol. The second-order valence-corrected chi connectivity index (χ2v) is 6.34. The third-order valence-electron chi connectivity index (χ3n) is 4.13. The molecule has 3 heterocycles. The van der Waals surface area contributed by atoms with E-state index >= 15 is 0 Å². The van der Waals surface area contributed by atoms with Crippen molar-refractivity contribution in [3.8, 4) is 5.75 Å². The van der Waals surface area contributed by atoms with Gasteiger partial charge in [0, 0.05) is 23.8 Å². The van der Waals surface area contributed by atoms with E-state index in [-0.39, 0.29) is 17.2 Å². The lowest BCUT2D eigenvalue weighted by atomic mass is 10.1. The molecule has 0 amide bonds. The van der Waals surface area contributed by atoms with Crippen LogP contribution in [0.25, 0.3) is 10.9 Å². The van der Waals surface area contributed by atoms with Crippen LogP contribution in [0.3, 0.4) is 0 Å². The van der Waals surface area contributed by atoms with Crippen molar-refractivity contribution in [2.24, 2.45) is 5.16 Å². The number of pyridine rings is 2. The molecule has 4 aromatic rings. The van der Waals surface area contributed by atoms with Gasteiger partial charge in [-0.25, -0.2) is 4.39 Å². The number of aromatic nitrogens is 4. The predicted molar refractivity (Wildman–Crippen MR) is 107 cm³/mol. The molecule has 4 rings (SSSR count). The Balaban J connectivity index is 1.66. The number of nitrogens with zero attached hydrogens (tertiary/aromatic N) is 5. The molecule has 0 spiro atoms. The van der Waals surface area contributed by atoms with Crippen molar-refractivity contribution in [2.75, 3.05) is 6.61 Å². The topological polar surface area (TPSA) is 95.5 Å². The van der Waals surface area contributed by atoms with Crippen LogP contribution in [0.1, 0.15) is 36.6 Å². The lowest BCUT2D eigenvalue weighted by Gasteiger charge is -2.16. The summed E-state index contributed by atoms with van der Waals surface area (Å²) in [4.78, 5) is 13.6. The SMILES string of the molecule is CCCO/N=C/c1ccnc(C(Oc2cc(F)c3ncccc3c2)c2nnco2)c1. The highest BCUT2D eigenvalue weighted by Gasteiger charge is 2.24. The lowest BCUT2D eigenvalue weighted by molar-refractivity contribution is 0.146. The first-order valence-corrected chi connectivity index (χ1v) is 9.33. The average molecular weight is 407 g/mol. The van der Waals surface area contributed by atoms with Crippen molar-refractivity contribution in [3.05, 3.63) is 78.2 Å². The molecular weight excluding hydrogens is 389 g/mol. The van der Waals surface area contributed by atoms with Gasteiger partial charge in [-0.2, -0.15) is 0 Å². The predicted octanol–water partition coefficient (Wildman–Crippen LogP) is 4.08. The van der Waals surface area contributed by atoms with Crippen molar-refractivity contribution < 1.29 is 18.4 Å². The van der Waals surface area contributed by atoms with Crippen LogP contribution in [-0.4, -0.2) is 33.0 Å². The molecule has 0 radical (unpaired) electrons. The summed E-state index contributed by atoms with van der Waals surface area (Å²) in [5.41, 5.74) is 1.51. The zero-order valence-corrected chi connectivity index (χ0v) is 16.1. The Labute approximate surface area is 171 Å². The molecular formula is C21H18FN5O3. The first kappa shape index (κ1) is 19.4. The van der Waals surface area contributed by atoms with E-state index in [0.29, 0.717) is 17.7 Å². The van der Waals surface area contributed by atoms with E-state index in [1.165, 1.54) is 18.7 Å². The van der Waals surface area contributed by atoms with Crippen LogP contribution in [0.2, 0.25) is 0 Å². The summed E-state index contributed by atoms with van der Waals surface area (Å²) in [5.74, 6) is -0.0249. The Kier molecular flexibility index (Phi) is 5.88. The summed E-state index contributed by atoms with van der Waals surface area (Å²) < 4.78 is 25.8. The van der Waals surface area contributed by atoms with Gasteiger partial charge in [0.05, 0.1) is 11.9 Å². The van der Waals surface area contributed by atoms with Gasteiger partial charge in [0.15, 0.2) is 5.82 Å². The van der Waals surface area contributed by atoms with Crippen LogP contribution < -0.4 is 4.74 Å². The minimum Gasteiger partial charge on any atom is -0.474 e. The second kappa shape index (κ2) is 9.08. The van der Waals surface area contributed by atoms with Crippen molar-refractivity contribution in [2.45, 2.75) is 19.4 Å². The molecule has 9 heteroatoms. The van der Waals surface area contributed by atoms with Crippen molar-refractivity contribution >= 4 is 17.1 Å². The molecule has 3 aromatic heterocycles. The van der Waals surface area contributed by atoms with Gasteiger partial charge in [-0.3, -0.25) is 9.97 Å². The van der Waals surface area contributed by atoms with Gasteiger partial charge in [0.25, 0.3) is 5.89 Å². The quantitative estimate of drug-likeness (QED) is 0.247. The summed E-state index contributed by atoms with van der Waals surface area (Å²) in [6.45, 7) is 2.53. The Morgan fingerprint density at radius 2 is 2.13 bits per heavy atom. The number of halogens is 1. The highest BCUT2D eigenvalue weighted by molar-refractivity contribution is 5.80. The van der Waals surface area contributed by atoms with Crippen LogP contribution in [-0.2, 0) is 4.84 Å². The maximum atomic E-state index is 14.5. The first-order chi connectivity index (χ1) is 14.7. The number of oxime groups is 1. The maximum Gasteiger partial charge on any atom is 0.263 e. The zero-order valence-electron chi connectivity index (χ0n) is 16.1. The number of rotatable bonds is 8. The summed E-state index contributed by atoms with van der Waals surface area (Å²) >= 11 is 0. The van der Waals surface area contributed by atoms with E-state index in [1.807, 2.05) is 6.92 Å². The minimum absolute atomic E-state index is 0.186. The van der Waals surface area contributed by atoms with Gasteiger partial charge < -0.3 is 14.0 Å². The molecule has 0 bridgehead atoms. The van der Waals surface area contributed by atoms with Crippen LogP contribution >= 0.6 is 0 Å². The van der Waals surface area contributed by atoms with Crippen molar-refractivity contribution in [1.29, 1.82) is 0 Å². The van der Waals surface area contributed by atoms with Gasteiger partial charge in [-0.05, 0) is 36.2 Å². The largest absolute Gasteiger partial charge is 0.474 e. The van der Waals surface area contributed by atoms with Gasteiger partial charge in [0.1, 0.15) is 17.9 Å². The van der Waals surface area contributed by atoms with E-state index in [2.05, 4.69) is 25.3 Å². The zero-order chi connectivity index (χ0) is 20.8. The fourth-order valence-corrected chi connectivity index (χ4v) is 2.79. The molecule has 0 N–H and O–H groups in total. The van der Waals surface area contributed by atoms with E-state index in [1.54, 1.807) is 42.7 Å². The van der Waals surface area contributed by atoms with E-state index in [9.17, 15) is 4.39 Å². The van der Waals surface area contributed by atoms with Gasteiger partial charge >= 0.3 is 0 Å². The standard InChI is InChI=1S/C21H18FN5O3/c1-2-8-29-26-12-14-5-7-23-18(9-14)20(21-27-25-13-28-21)30-16-10-15-4-3-6-24-19(15)17(22)11-16/h3-7,9-13,20H,2,8H2,1H3/b26-12+. The van der Waals surface area contributed by atoms with E-state index < -0.39 is 11.9 Å². The summed E-state index contributed by atoms with van der Waals surface area (Å²) in [5, 5.41) is 12.2. The highest BCUT2D eigenvalue weighted by atomic mass is 19.1. The number of ether oxygens (including phenoxy) is 1. The lowest BCUT2D eigenvalue weighted by Crippen LogP contribution is -2.12. The first-order valence-electron chi connectivity index (χ1n) is 9.33. The van der Waals surface area contributed by atoms with Crippen LogP contribution in [0.4, 0.5) is 4.39 Å². The van der Waals surface area contributed by atoms with Crippen LogP contribution in [0.5, 0.6) is 5.75 Å². The molecule has 8 nitrogen and oxygen atoms in total. The minimum atomic E-state index is -0.842. The summed E-state index contributed by atoms with van der Waals surface area (Å²) in [6.07, 6.45) is 5.94. The molecule has 0 aliphatic rings. The van der Waals surface area contributed by atoms with Gasteiger partial charge in [-0.15, -0.1) is 10.2 Å². The Bertz CT molecular complexity index is 1150. The average Bonchev–Trinajstić information content (AvgIpc) is 3.30. The highest BCUT2D eigenvalue weighted by Crippen LogP contribution is 2.29. The fraction of sp³-hybridized carbons (Fsp3) is 0.190. The molecule has 0 fully saturated rings. The maximum absolute atomic E-state index is 14.5. The molecule has 0 aliphatic heterocycles. The number of benzene rings is 1. The third kappa shape index (κ3) is 4.40. The smallest absolute Gasteiger partial charge is 0.263 e. The van der Waals surface area contributed by atoms with Gasteiger partial charge in [0.2, 0.25) is 12.5 Å². The van der Waals surface area contributed by atoms with Crippen molar-refractivity contribution in [1.82, 2.24) is 20.2 Å². The van der Waals surface area contributed by atoms with Gasteiger partial charge in [-0.1, -0.05) is 18.1 Å². The Hall–Kier alpha value is -3.88. The molecule has 0 aliphatic carbocycles. The number of hydrogen-bond donors (Lipinski definition) is 0. The number of hydrogen-bond acceptors (Lipinski definition) is 8. The molecule has 1 aromatic carbocycles. The van der Waals surface area contributed by atoms with E-state index in [4.69, 9.17) is 14.0 Å². The molecule has 1 atom stereocenters. The molecule has 152 valence electrons. The van der Waals surface area contributed by atoms with Crippen LogP contribution in [0, 0.1) is 5.82 Å². The summed E-state index contributed by atoms with van der Waals surface area (Å²) in [7, 11) is 0. The number of fused-ring (bicyclic) bond motifs is 1. The van der Waals surface area contributed by atoms with Crippen molar-refractivity contribution in [3.63, 3.8) is 0 Å². The molecule has 30 heavy (non-hydrogen) atoms. The molecule has 0 saturated carbocycles. The fourth-order valence-electron chi connectivity index (χ4n) is 2.79. The molecule has 1 unspecified atom stereocenters. The summed E-state index contributed by atoms with van der Waals surface area (Å²) in [6, 6.07) is 9.97. The molecule has 0 saturated heterocycles. The third-order valence-corrected chi connectivity index (χ3v) is 4.13. The second-order valence-electron chi connectivity index (χ2n) is 6.34.